The van der Waals surface area contributed by atoms with Crippen molar-refractivity contribution in [3.63, 3.8) is 0 Å². The normalized spacial score (nSPS) is 13.1. The molecule has 0 saturated carbocycles. The molecule has 68 valence electrons. The van der Waals surface area contributed by atoms with E-state index in [4.69, 9.17) is 0 Å². The molecule has 0 heterocycles. The predicted octanol–water partition coefficient (Wildman–Crippen LogP) is 1.59. The van der Waals surface area contributed by atoms with Crippen molar-refractivity contribution >= 4 is 8.40 Å². The molecular weight excluding hydrogens is 152 g/mol. The second kappa shape index (κ2) is 4.23. The fourth-order valence-electron chi connectivity index (χ4n) is 1.32. The minimum atomic E-state index is -1.24. The Balaban J connectivity index is 4.26. The zero-order valence-electron chi connectivity index (χ0n) is 8.81. The summed E-state index contributed by atoms with van der Waals surface area (Å²) in [6.07, 6.45) is 1.29. The lowest BCUT2D eigenvalue weighted by atomic mass is 10.6. The first kappa shape index (κ1) is 11.1. The highest BCUT2D eigenvalue weighted by atomic mass is 28.3. The van der Waals surface area contributed by atoms with Crippen LogP contribution in [0.1, 0.15) is 13.3 Å². The molecular formula is C8H22N2Si. The maximum atomic E-state index is 2.41. The number of hydrogen-bond donors (Lipinski definition) is 0. The van der Waals surface area contributed by atoms with Crippen LogP contribution in [-0.2, 0) is 0 Å². The van der Waals surface area contributed by atoms with Crippen molar-refractivity contribution in [3.05, 3.63) is 0 Å². The molecule has 0 N–H and O–H groups in total. The quantitative estimate of drug-likeness (QED) is 0.597. The molecule has 0 rings (SSSR count). The van der Waals surface area contributed by atoms with Crippen LogP contribution in [0.4, 0.5) is 0 Å². The lowest BCUT2D eigenvalue weighted by Crippen LogP contribution is -2.57. The molecule has 0 aliphatic rings. The Hall–Kier alpha value is 0.137. The molecule has 2 nitrogen and oxygen atoms in total. The molecule has 0 atom stereocenters. The topological polar surface area (TPSA) is 6.48 Å². The van der Waals surface area contributed by atoms with E-state index in [1.54, 1.807) is 0 Å². The fraction of sp³-hybridized carbons (Fsp3) is 1.00. The van der Waals surface area contributed by atoms with Gasteiger partial charge in [-0.05, 0) is 40.8 Å². The molecule has 0 fully saturated rings. The zero-order valence-corrected chi connectivity index (χ0v) is 9.81. The number of hydrogen-bond acceptors (Lipinski definition) is 2. The summed E-state index contributed by atoms with van der Waals surface area (Å²) in [5, 5.41) is 0. The van der Waals surface area contributed by atoms with Gasteiger partial charge in [0.25, 0.3) is 0 Å². The van der Waals surface area contributed by atoms with Crippen LogP contribution >= 0.6 is 0 Å². The maximum absolute atomic E-state index is 2.41. The van der Waals surface area contributed by atoms with E-state index >= 15 is 0 Å². The molecule has 3 heteroatoms. The maximum Gasteiger partial charge on any atom is 0.202 e. The van der Waals surface area contributed by atoms with Crippen molar-refractivity contribution in [2.75, 3.05) is 28.2 Å². The highest BCUT2D eigenvalue weighted by Crippen LogP contribution is 2.16. The Morgan fingerprint density at radius 2 is 1.36 bits per heavy atom. The summed E-state index contributed by atoms with van der Waals surface area (Å²) in [5.74, 6) is 0. The van der Waals surface area contributed by atoms with Crippen molar-refractivity contribution in [1.29, 1.82) is 0 Å². The van der Waals surface area contributed by atoms with Crippen LogP contribution in [0.2, 0.25) is 12.6 Å². The first-order valence-corrected chi connectivity index (χ1v) is 6.90. The summed E-state index contributed by atoms with van der Waals surface area (Å²) >= 11 is 0. The van der Waals surface area contributed by atoms with Crippen molar-refractivity contribution in [2.24, 2.45) is 0 Å². The Labute approximate surface area is 72.4 Å². The molecule has 0 bridgehead atoms. The van der Waals surface area contributed by atoms with Gasteiger partial charge in [0.15, 0.2) is 0 Å². The van der Waals surface area contributed by atoms with Gasteiger partial charge >= 0.3 is 0 Å². The van der Waals surface area contributed by atoms with Crippen LogP contribution in [-0.4, -0.2) is 45.7 Å². The van der Waals surface area contributed by atoms with Gasteiger partial charge in [-0.1, -0.05) is 13.3 Å². The highest BCUT2D eigenvalue weighted by Gasteiger charge is 2.31. The molecule has 0 aromatic rings. The molecule has 0 spiro atoms. The Morgan fingerprint density at radius 3 is 1.45 bits per heavy atom. The van der Waals surface area contributed by atoms with E-state index in [0.29, 0.717) is 0 Å². The summed E-state index contributed by atoms with van der Waals surface area (Å²) in [4.78, 5) is 0. The SMILES string of the molecule is CCC[Si](C)(N(C)C)N(C)C. The predicted molar refractivity (Wildman–Crippen MR) is 54.1 cm³/mol. The minimum Gasteiger partial charge on any atom is -0.317 e. The van der Waals surface area contributed by atoms with Crippen molar-refractivity contribution in [2.45, 2.75) is 25.9 Å². The molecule has 0 aliphatic heterocycles. The van der Waals surface area contributed by atoms with Crippen LogP contribution in [0, 0.1) is 0 Å². The van der Waals surface area contributed by atoms with Gasteiger partial charge in [0, 0.05) is 0 Å². The summed E-state index contributed by atoms with van der Waals surface area (Å²) in [6, 6.07) is 1.35. The molecule has 0 unspecified atom stereocenters. The lowest BCUT2D eigenvalue weighted by Gasteiger charge is -2.39. The van der Waals surface area contributed by atoms with Crippen LogP contribution in [0.15, 0.2) is 0 Å². The van der Waals surface area contributed by atoms with Gasteiger partial charge in [0.1, 0.15) is 0 Å². The Kier molecular flexibility index (Phi) is 4.29. The zero-order chi connectivity index (χ0) is 9.07. The number of rotatable bonds is 4. The summed E-state index contributed by atoms with van der Waals surface area (Å²) in [6.45, 7) is 4.68. The third-order valence-corrected chi connectivity index (χ3v) is 7.95. The molecule has 0 saturated heterocycles. The Morgan fingerprint density at radius 1 is 1.00 bits per heavy atom. The van der Waals surface area contributed by atoms with E-state index in [9.17, 15) is 0 Å². The third-order valence-electron chi connectivity index (χ3n) is 2.65. The monoisotopic (exact) mass is 174 g/mol. The summed E-state index contributed by atoms with van der Waals surface area (Å²) < 4.78 is 4.83. The fourth-order valence-corrected chi connectivity index (χ4v) is 3.96. The van der Waals surface area contributed by atoms with Gasteiger partial charge in [-0.2, -0.15) is 0 Å². The average molecular weight is 174 g/mol. The molecule has 0 aliphatic carbocycles. The van der Waals surface area contributed by atoms with E-state index in [0.717, 1.165) is 0 Å². The van der Waals surface area contributed by atoms with Gasteiger partial charge in [-0.3, -0.25) is 0 Å². The van der Waals surface area contributed by atoms with Gasteiger partial charge in [-0.25, -0.2) is 0 Å². The first-order chi connectivity index (χ1) is 4.95. The van der Waals surface area contributed by atoms with Crippen molar-refractivity contribution < 1.29 is 0 Å². The van der Waals surface area contributed by atoms with Gasteiger partial charge in [0.2, 0.25) is 8.40 Å². The second-order valence-electron chi connectivity index (χ2n) is 3.76. The standard InChI is InChI=1S/C8H22N2Si/c1-7-8-11(6,9(2)3)10(4)5/h7-8H2,1-6H3. The van der Waals surface area contributed by atoms with Crippen LogP contribution in [0.3, 0.4) is 0 Å². The van der Waals surface area contributed by atoms with Gasteiger partial charge in [-0.15, -0.1) is 0 Å². The number of nitrogens with zero attached hydrogens (tertiary/aromatic N) is 2. The molecule has 0 aromatic carbocycles. The van der Waals surface area contributed by atoms with E-state index < -0.39 is 8.40 Å². The van der Waals surface area contributed by atoms with E-state index in [2.05, 4.69) is 50.8 Å². The van der Waals surface area contributed by atoms with Crippen molar-refractivity contribution in [1.82, 2.24) is 9.13 Å². The second-order valence-corrected chi connectivity index (χ2v) is 8.48. The van der Waals surface area contributed by atoms with Gasteiger partial charge < -0.3 is 9.13 Å². The molecule has 11 heavy (non-hydrogen) atoms. The summed E-state index contributed by atoms with van der Waals surface area (Å²) in [7, 11) is 7.55. The smallest absolute Gasteiger partial charge is 0.202 e. The van der Waals surface area contributed by atoms with Crippen LogP contribution in [0.5, 0.6) is 0 Å². The lowest BCUT2D eigenvalue weighted by molar-refractivity contribution is 0.481. The highest BCUT2D eigenvalue weighted by molar-refractivity contribution is 6.72. The summed E-state index contributed by atoms with van der Waals surface area (Å²) in [5.41, 5.74) is 0. The largest absolute Gasteiger partial charge is 0.317 e. The average Bonchev–Trinajstić information content (AvgIpc) is 1.87. The van der Waals surface area contributed by atoms with Crippen molar-refractivity contribution in [3.8, 4) is 0 Å². The molecule has 0 aromatic heterocycles. The molecule has 0 radical (unpaired) electrons. The van der Waals surface area contributed by atoms with Gasteiger partial charge in [0.05, 0.1) is 0 Å². The van der Waals surface area contributed by atoms with Crippen LogP contribution < -0.4 is 0 Å². The Bertz CT molecular complexity index is 105. The minimum absolute atomic E-state index is 1.24. The van der Waals surface area contributed by atoms with Crippen LogP contribution in [0.25, 0.3) is 0 Å². The van der Waals surface area contributed by atoms with E-state index in [1.165, 1.54) is 12.5 Å². The van der Waals surface area contributed by atoms with E-state index in [1.807, 2.05) is 0 Å². The van der Waals surface area contributed by atoms with E-state index in [-0.39, 0.29) is 0 Å². The molecule has 0 amide bonds. The third kappa shape index (κ3) is 2.58. The first-order valence-electron chi connectivity index (χ1n) is 4.30.